The summed E-state index contributed by atoms with van der Waals surface area (Å²) in [5, 5.41) is 4.34. The number of esters is 5. The van der Waals surface area contributed by atoms with E-state index in [1.165, 1.54) is 0 Å². The Kier molecular flexibility index (Phi) is 12.1. The number of azo groups is 2. The van der Waals surface area contributed by atoms with E-state index < -0.39 is 72.6 Å². The summed E-state index contributed by atoms with van der Waals surface area (Å²) in [5.41, 5.74) is -1.24. The lowest BCUT2D eigenvalue weighted by molar-refractivity contribution is -0.408. The quantitative estimate of drug-likeness (QED) is 0.192. The smallest absolute Gasteiger partial charge is 0.462 e. The number of carbonyl (C=O) groups is 6. The topological polar surface area (TPSA) is 186 Å². The van der Waals surface area contributed by atoms with Gasteiger partial charge in [0.15, 0.2) is 18.3 Å². The maximum absolute atomic E-state index is 12.9. The molecule has 1 rings (SSSR count). The molecule has 39 heavy (non-hydrogen) atoms. The van der Waals surface area contributed by atoms with Crippen molar-refractivity contribution in [2.24, 2.45) is 16.0 Å². The Morgan fingerprint density at radius 1 is 0.769 bits per heavy atom. The molecule has 1 aliphatic rings. The van der Waals surface area contributed by atoms with Gasteiger partial charge in [0.05, 0.1) is 6.61 Å². The molecule has 0 aromatic heterocycles. The van der Waals surface area contributed by atoms with Gasteiger partial charge in [-0.25, -0.2) is 0 Å². The highest BCUT2D eigenvalue weighted by Gasteiger charge is 2.56. The highest BCUT2D eigenvalue weighted by atomic mass is 16.6. The van der Waals surface area contributed by atoms with Crippen LogP contribution in [0.3, 0.4) is 0 Å². The standard InChI is InChI=1S/C24H36N3O12/c1-10-34-23(33)27-22(25-24(9,26-27)12(2)3)21(39-17(8)32)20(38-16(7)31)19(37-15(6)30)18(36-14(5)29)11-35-13(4)28/h12,18-21H,10-11H2,1-9H3/q+1/t18-,19-,20-,21+,24+/m1/s1. The normalized spacial score (nSPS) is 19.4. The summed E-state index contributed by atoms with van der Waals surface area (Å²) in [6.45, 7) is 11.3. The van der Waals surface area contributed by atoms with Crippen molar-refractivity contribution >= 4 is 41.8 Å². The largest absolute Gasteiger partial charge is 0.533 e. The van der Waals surface area contributed by atoms with E-state index in [1.807, 2.05) is 0 Å². The van der Waals surface area contributed by atoms with E-state index in [0.717, 1.165) is 39.3 Å². The lowest BCUT2D eigenvalue weighted by Gasteiger charge is -2.33. The van der Waals surface area contributed by atoms with Gasteiger partial charge >= 0.3 is 41.8 Å². The van der Waals surface area contributed by atoms with E-state index in [1.54, 1.807) is 27.7 Å². The van der Waals surface area contributed by atoms with Crippen molar-refractivity contribution in [1.82, 2.24) is 0 Å². The minimum Gasteiger partial charge on any atom is -0.462 e. The number of amides is 1. The molecular weight excluding hydrogens is 522 g/mol. The van der Waals surface area contributed by atoms with Crippen LogP contribution < -0.4 is 0 Å². The number of amidine groups is 1. The molecule has 0 radical (unpaired) electrons. The molecule has 0 spiro atoms. The number of hydrogen-bond acceptors (Lipinski definition) is 14. The third-order valence-corrected chi connectivity index (χ3v) is 5.30. The number of ether oxygens (including phenoxy) is 6. The average Bonchev–Trinajstić information content (AvgIpc) is 3.16. The van der Waals surface area contributed by atoms with Crippen LogP contribution in [0.25, 0.3) is 0 Å². The molecule has 0 bridgehead atoms. The zero-order chi connectivity index (χ0) is 30.1. The molecule has 218 valence electrons. The van der Waals surface area contributed by atoms with Crippen molar-refractivity contribution in [2.45, 2.75) is 92.4 Å². The van der Waals surface area contributed by atoms with Crippen molar-refractivity contribution in [3.05, 3.63) is 0 Å². The Labute approximate surface area is 225 Å². The molecule has 0 unspecified atom stereocenters. The van der Waals surface area contributed by atoms with Crippen LogP contribution in [0.5, 0.6) is 0 Å². The fraction of sp³-hybridized carbons (Fsp3) is 0.708. The summed E-state index contributed by atoms with van der Waals surface area (Å²) >= 11 is 0. The lowest BCUT2D eigenvalue weighted by Crippen LogP contribution is -2.56. The van der Waals surface area contributed by atoms with E-state index in [-0.39, 0.29) is 18.4 Å². The maximum Gasteiger partial charge on any atom is 0.533 e. The van der Waals surface area contributed by atoms with E-state index in [0.29, 0.717) is 0 Å². The predicted molar refractivity (Wildman–Crippen MR) is 129 cm³/mol. The third kappa shape index (κ3) is 9.72. The molecule has 0 N–H and O–H groups in total. The van der Waals surface area contributed by atoms with Crippen LogP contribution in [-0.2, 0) is 52.4 Å². The molecule has 1 heterocycles. The van der Waals surface area contributed by atoms with Crippen LogP contribution in [0, 0.1) is 5.92 Å². The van der Waals surface area contributed by atoms with Crippen LogP contribution in [0.1, 0.15) is 62.3 Å². The summed E-state index contributed by atoms with van der Waals surface area (Å²) < 4.78 is 32.4. The third-order valence-electron chi connectivity index (χ3n) is 5.30. The van der Waals surface area contributed by atoms with Gasteiger partial charge in [0, 0.05) is 47.5 Å². The average molecular weight is 559 g/mol. The number of nitrogens with zero attached hydrogens (tertiary/aromatic N) is 3. The van der Waals surface area contributed by atoms with E-state index in [4.69, 9.17) is 28.4 Å². The summed E-state index contributed by atoms with van der Waals surface area (Å²) in [5.74, 6) is -4.93. The fourth-order valence-corrected chi connectivity index (χ4v) is 3.40. The summed E-state index contributed by atoms with van der Waals surface area (Å²) in [7, 11) is 0. The number of carbonyl (C=O) groups excluding carboxylic acids is 6. The van der Waals surface area contributed by atoms with Gasteiger partial charge in [0.25, 0.3) is 5.66 Å². The first kappa shape index (κ1) is 33.1. The zero-order valence-electron chi connectivity index (χ0n) is 23.5. The molecule has 5 atom stereocenters. The zero-order valence-corrected chi connectivity index (χ0v) is 23.5. The Balaban J connectivity index is 3.91. The monoisotopic (exact) mass is 558 g/mol. The Hall–Kier alpha value is -3.91. The predicted octanol–water partition coefficient (Wildman–Crippen LogP) is 1.68. The SMILES string of the molecule is CCOC(=O)[N+]1=N[C@@](C)(C(C)C)N=C1[C@@H](OC(C)=O)[C@H](OC(C)=O)[C@H](OC(C)=O)[C@@H](COC(C)=O)OC(C)=O. The minimum atomic E-state index is -1.77. The number of rotatable bonds is 12. The molecule has 0 fully saturated rings. The maximum atomic E-state index is 12.9. The molecule has 1 amide bonds. The minimum absolute atomic E-state index is 0.0326. The summed E-state index contributed by atoms with van der Waals surface area (Å²) in [4.78, 5) is 77.5. The van der Waals surface area contributed by atoms with Gasteiger partial charge in [0.2, 0.25) is 6.10 Å². The molecule has 0 saturated heterocycles. The van der Waals surface area contributed by atoms with Crippen LogP contribution in [0.2, 0.25) is 0 Å². The summed E-state index contributed by atoms with van der Waals surface area (Å²) in [6, 6.07) is 0. The van der Waals surface area contributed by atoms with Gasteiger partial charge in [-0.2, -0.15) is 4.79 Å². The van der Waals surface area contributed by atoms with Gasteiger partial charge in [-0.05, 0) is 16.6 Å². The molecule has 0 saturated carbocycles. The first-order valence-corrected chi connectivity index (χ1v) is 12.1. The molecule has 0 aromatic rings. The van der Waals surface area contributed by atoms with E-state index in [2.05, 4.69) is 10.1 Å². The highest BCUT2D eigenvalue weighted by molar-refractivity contribution is 5.89. The molecule has 1 aliphatic heterocycles. The van der Waals surface area contributed by atoms with Gasteiger partial charge in [0.1, 0.15) is 6.61 Å². The van der Waals surface area contributed by atoms with Gasteiger partial charge in [-0.15, -0.1) is 0 Å². The molecular formula is C24H36N3O12+. The van der Waals surface area contributed by atoms with Gasteiger partial charge in [-0.1, -0.05) is 19.0 Å². The first-order valence-electron chi connectivity index (χ1n) is 12.1. The molecule has 15 nitrogen and oxygen atoms in total. The van der Waals surface area contributed by atoms with E-state index in [9.17, 15) is 28.8 Å². The Bertz CT molecular complexity index is 1040. The van der Waals surface area contributed by atoms with E-state index >= 15 is 0 Å². The van der Waals surface area contributed by atoms with Crippen LogP contribution in [-0.4, -0.2) is 89.8 Å². The number of aliphatic imine (C=N–C) groups is 1. The second-order valence-corrected chi connectivity index (χ2v) is 8.96. The fourth-order valence-electron chi connectivity index (χ4n) is 3.40. The molecule has 15 heteroatoms. The van der Waals surface area contributed by atoms with Gasteiger partial charge < -0.3 is 28.4 Å². The molecule has 0 aromatic carbocycles. The van der Waals surface area contributed by atoms with Crippen molar-refractivity contribution < 1.29 is 61.9 Å². The highest BCUT2D eigenvalue weighted by Crippen LogP contribution is 2.31. The van der Waals surface area contributed by atoms with Crippen LogP contribution in [0.4, 0.5) is 4.79 Å². The second-order valence-electron chi connectivity index (χ2n) is 8.96. The van der Waals surface area contributed by atoms with Crippen molar-refractivity contribution in [3.8, 4) is 0 Å². The summed E-state index contributed by atoms with van der Waals surface area (Å²) in [6.07, 6.45) is -7.73. The Morgan fingerprint density at radius 2 is 1.28 bits per heavy atom. The lowest BCUT2D eigenvalue weighted by atomic mass is 9.99. The van der Waals surface area contributed by atoms with Crippen molar-refractivity contribution in [1.29, 1.82) is 0 Å². The number of hydrogen-bond donors (Lipinski definition) is 0. The van der Waals surface area contributed by atoms with Crippen molar-refractivity contribution in [2.75, 3.05) is 13.2 Å². The van der Waals surface area contributed by atoms with Crippen molar-refractivity contribution in [3.63, 3.8) is 0 Å². The van der Waals surface area contributed by atoms with Gasteiger partial charge in [-0.3, -0.25) is 24.0 Å². The first-order chi connectivity index (χ1) is 18.0. The molecule has 0 aliphatic carbocycles. The second kappa shape index (κ2) is 14.3. The van der Waals surface area contributed by atoms with Crippen LogP contribution in [0.15, 0.2) is 10.1 Å². The van der Waals surface area contributed by atoms with Crippen LogP contribution >= 0.6 is 0 Å². The Morgan fingerprint density at radius 3 is 1.72 bits per heavy atom.